The summed E-state index contributed by atoms with van der Waals surface area (Å²) >= 11 is 0. The lowest BCUT2D eigenvalue weighted by atomic mass is 10.1. The van der Waals surface area contributed by atoms with Gasteiger partial charge in [-0.2, -0.15) is 5.26 Å². The first-order valence-corrected chi connectivity index (χ1v) is 8.82. The van der Waals surface area contributed by atoms with Crippen molar-refractivity contribution in [2.75, 3.05) is 11.1 Å². The normalized spacial score (nSPS) is 18.1. The van der Waals surface area contributed by atoms with Crippen LogP contribution >= 0.6 is 0 Å². The molecule has 0 saturated heterocycles. The van der Waals surface area contributed by atoms with Gasteiger partial charge in [0.25, 0.3) is 0 Å². The molecule has 4 heterocycles. The highest BCUT2D eigenvalue weighted by atomic mass is 16.2. The average molecular weight is 369 g/mol. The Kier molecular flexibility index (Phi) is 3.49. The van der Waals surface area contributed by atoms with E-state index in [9.17, 15) is 4.79 Å². The third kappa shape index (κ3) is 2.61. The van der Waals surface area contributed by atoms with E-state index in [1.165, 1.54) is 0 Å². The molecule has 136 valence electrons. The number of rotatable bonds is 3. The van der Waals surface area contributed by atoms with Crippen molar-refractivity contribution in [1.82, 2.24) is 19.9 Å². The summed E-state index contributed by atoms with van der Waals surface area (Å²) in [5.41, 5.74) is 8.63. The van der Waals surface area contributed by atoms with Crippen molar-refractivity contribution < 1.29 is 4.79 Å². The summed E-state index contributed by atoms with van der Waals surface area (Å²) in [6, 6.07) is 7.75. The van der Waals surface area contributed by atoms with Crippen molar-refractivity contribution >= 4 is 39.2 Å². The monoisotopic (exact) mass is 369 g/mol. The Hall–Kier alpha value is -3.99. The summed E-state index contributed by atoms with van der Waals surface area (Å²) in [6.07, 6.45) is 7.56. The number of hydrogen-bond donors (Lipinski definition) is 3. The quantitative estimate of drug-likeness (QED) is 0.508. The van der Waals surface area contributed by atoms with Crippen LogP contribution in [0.2, 0.25) is 0 Å². The summed E-state index contributed by atoms with van der Waals surface area (Å²) in [7, 11) is 0. The fraction of sp³-hybridized carbons (Fsp3) is 0.150. The number of hydrogen-bond acceptors (Lipinski definition) is 6. The van der Waals surface area contributed by atoms with E-state index in [0.717, 1.165) is 21.9 Å². The third-order valence-electron chi connectivity index (χ3n) is 5.04. The summed E-state index contributed by atoms with van der Waals surface area (Å²) in [5, 5.41) is 14.2. The summed E-state index contributed by atoms with van der Waals surface area (Å²) in [5.74, 6) is 0.161. The number of nitriles is 1. The van der Waals surface area contributed by atoms with Gasteiger partial charge in [0.2, 0.25) is 5.91 Å². The van der Waals surface area contributed by atoms with Crippen LogP contribution in [-0.2, 0) is 4.79 Å². The van der Waals surface area contributed by atoms with Crippen molar-refractivity contribution in [1.29, 1.82) is 5.26 Å². The van der Waals surface area contributed by atoms with Gasteiger partial charge in [-0.3, -0.25) is 9.78 Å². The second kappa shape index (κ2) is 6.03. The highest BCUT2D eigenvalue weighted by Crippen LogP contribution is 2.38. The van der Waals surface area contributed by atoms with E-state index in [1.54, 1.807) is 24.7 Å². The number of carbonyl (C=O) groups excluding carboxylic acids is 1. The van der Waals surface area contributed by atoms with E-state index < -0.39 is 0 Å². The Labute approximate surface area is 159 Å². The van der Waals surface area contributed by atoms with Crippen LogP contribution in [-0.4, -0.2) is 25.8 Å². The number of anilines is 2. The minimum absolute atomic E-state index is 0.179. The molecule has 8 heteroatoms. The van der Waals surface area contributed by atoms with Crippen LogP contribution in [0.25, 0.3) is 32.9 Å². The van der Waals surface area contributed by atoms with E-state index in [2.05, 4.69) is 31.3 Å². The zero-order valence-electron chi connectivity index (χ0n) is 14.7. The SMILES string of the molecule is N#C[C@H]1C[C@H]1C(=O)Nc1cc2cc(-c3cncc4[nH]ccc34)nc(N)c2cn1. The van der Waals surface area contributed by atoms with Gasteiger partial charge in [0.05, 0.1) is 35.3 Å². The van der Waals surface area contributed by atoms with Gasteiger partial charge in [0, 0.05) is 34.9 Å². The maximum absolute atomic E-state index is 12.2. The number of fused-ring (bicyclic) bond motifs is 2. The molecule has 4 aromatic rings. The molecule has 0 bridgehead atoms. The first kappa shape index (κ1) is 16.2. The number of nitrogens with one attached hydrogen (secondary N) is 2. The van der Waals surface area contributed by atoms with Gasteiger partial charge in [-0.1, -0.05) is 0 Å². The molecule has 28 heavy (non-hydrogen) atoms. The first-order valence-electron chi connectivity index (χ1n) is 8.82. The number of nitrogens with two attached hydrogens (primary N) is 1. The van der Waals surface area contributed by atoms with Gasteiger partial charge in [-0.05, 0) is 30.0 Å². The summed E-state index contributed by atoms with van der Waals surface area (Å²) in [6.45, 7) is 0. The number of amides is 1. The molecule has 8 nitrogen and oxygen atoms in total. The number of nitrogen functional groups attached to an aromatic ring is 1. The Bertz CT molecular complexity index is 1290. The predicted octanol–water partition coefficient (Wildman–Crippen LogP) is 2.85. The third-order valence-corrected chi connectivity index (χ3v) is 5.04. The lowest BCUT2D eigenvalue weighted by molar-refractivity contribution is -0.117. The van der Waals surface area contributed by atoms with Crippen LogP contribution in [0.4, 0.5) is 11.6 Å². The van der Waals surface area contributed by atoms with Crippen molar-refractivity contribution in [3.05, 3.63) is 43.0 Å². The second-order valence-corrected chi connectivity index (χ2v) is 6.88. The lowest BCUT2D eigenvalue weighted by Crippen LogP contribution is -2.15. The number of aromatic nitrogens is 4. The molecule has 1 aliphatic carbocycles. The van der Waals surface area contributed by atoms with Crippen LogP contribution in [0.5, 0.6) is 0 Å². The van der Waals surface area contributed by atoms with Gasteiger partial charge in [-0.15, -0.1) is 0 Å². The first-order chi connectivity index (χ1) is 13.6. The zero-order chi connectivity index (χ0) is 19.3. The maximum Gasteiger partial charge on any atom is 0.230 e. The molecular formula is C20H15N7O. The van der Waals surface area contributed by atoms with Crippen molar-refractivity contribution in [2.24, 2.45) is 11.8 Å². The number of pyridine rings is 3. The summed E-state index contributed by atoms with van der Waals surface area (Å²) in [4.78, 5) is 28.4. The standard InChI is InChI=1S/C20H15N7O/c21-6-11-3-13(11)20(28)27-18-5-10-4-16(26-19(22)14(10)8-25-18)15-7-23-9-17-12(15)1-2-24-17/h1-2,4-5,7-9,11,13,24H,3H2,(H2,22,26)(H,25,27,28)/t11-,13-/m1/s1. The lowest BCUT2D eigenvalue weighted by Gasteiger charge is -2.09. The average Bonchev–Trinajstić information content (AvgIpc) is 3.34. The van der Waals surface area contributed by atoms with Gasteiger partial charge in [-0.25, -0.2) is 9.97 Å². The largest absolute Gasteiger partial charge is 0.383 e. The van der Waals surface area contributed by atoms with E-state index >= 15 is 0 Å². The molecule has 4 aromatic heterocycles. The highest BCUT2D eigenvalue weighted by molar-refractivity contribution is 6.00. The van der Waals surface area contributed by atoms with Gasteiger partial charge in [0.15, 0.2) is 0 Å². The van der Waals surface area contributed by atoms with Crippen LogP contribution in [0.15, 0.2) is 43.0 Å². The Balaban J connectivity index is 1.55. The maximum atomic E-state index is 12.2. The van der Waals surface area contributed by atoms with E-state index in [4.69, 9.17) is 11.0 Å². The molecule has 1 aliphatic rings. The fourth-order valence-corrected chi connectivity index (χ4v) is 3.41. The van der Waals surface area contributed by atoms with Gasteiger partial charge < -0.3 is 16.0 Å². The molecule has 5 rings (SSSR count). The molecule has 0 spiro atoms. The smallest absolute Gasteiger partial charge is 0.230 e. The molecule has 0 radical (unpaired) electrons. The minimum Gasteiger partial charge on any atom is -0.383 e. The van der Waals surface area contributed by atoms with Crippen LogP contribution in [0.1, 0.15) is 6.42 Å². The van der Waals surface area contributed by atoms with E-state index in [0.29, 0.717) is 29.1 Å². The number of carbonyl (C=O) groups is 1. The van der Waals surface area contributed by atoms with Crippen molar-refractivity contribution in [2.45, 2.75) is 6.42 Å². The number of nitrogens with zero attached hydrogens (tertiary/aromatic N) is 4. The van der Waals surface area contributed by atoms with Gasteiger partial charge in [0.1, 0.15) is 11.6 Å². The van der Waals surface area contributed by atoms with E-state index in [-0.39, 0.29) is 17.7 Å². The molecule has 4 N–H and O–H groups in total. The van der Waals surface area contributed by atoms with Crippen molar-refractivity contribution in [3.8, 4) is 17.3 Å². The highest BCUT2D eigenvalue weighted by Gasteiger charge is 2.43. The molecule has 1 saturated carbocycles. The minimum atomic E-state index is -0.252. The fourth-order valence-electron chi connectivity index (χ4n) is 3.41. The second-order valence-electron chi connectivity index (χ2n) is 6.88. The molecule has 1 amide bonds. The Morgan fingerprint density at radius 2 is 2.18 bits per heavy atom. The van der Waals surface area contributed by atoms with E-state index in [1.807, 2.05) is 18.3 Å². The van der Waals surface area contributed by atoms with Crippen LogP contribution in [0.3, 0.4) is 0 Å². The zero-order valence-corrected chi connectivity index (χ0v) is 14.7. The molecule has 0 unspecified atom stereocenters. The Morgan fingerprint density at radius 1 is 1.29 bits per heavy atom. The van der Waals surface area contributed by atoms with Crippen LogP contribution in [0, 0.1) is 23.2 Å². The predicted molar refractivity (Wildman–Crippen MR) is 105 cm³/mol. The Morgan fingerprint density at radius 3 is 3.00 bits per heavy atom. The molecule has 0 aliphatic heterocycles. The van der Waals surface area contributed by atoms with Gasteiger partial charge >= 0.3 is 0 Å². The molecular weight excluding hydrogens is 354 g/mol. The van der Waals surface area contributed by atoms with Crippen molar-refractivity contribution in [3.63, 3.8) is 0 Å². The number of aromatic amines is 1. The summed E-state index contributed by atoms with van der Waals surface area (Å²) < 4.78 is 0. The molecule has 0 aromatic carbocycles. The molecule has 2 atom stereocenters. The molecule has 1 fully saturated rings. The number of H-pyrrole nitrogens is 1. The van der Waals surface area contributed by atoms with Crippen LogP contribution < -0.4 is 11.1 Å². The topological polar surface area (TPSA) is 133 Å².